The molecule has 0 saturated heterocycles. The van der Waals surface area contributed by atoms with E-state index in [0.29, 0.717) is 16.0 Å². The second kappa shape index (κ2) is 8.24. The van der Waals surface area contributed by atoms with Crippen LogP contribution in [0.1, 0.15) is 41.3 Å². The zero-order chi connectivity index (χ0) is 21.2. The molecule has 0 fully saturated rings. The molecule has 0 aliphatic carbocycles. The molecule has 1 aliphatic rings. The molecule has 7 nitrogen and oxygen atoms in total. The highest BCUT2D eigenvalue weighted by Crippen LogP contribution is 2.29. The van der Waals surface area contributed by atoms with E-state index < -0.39 is 28.4 Å². The minimum Gasteiger partial charge on any atom is -0.490 e. The van der Waals surface area contributed by atoms with Crippen molar-refractivity contribution in [1.29, 1.82) is 0 Å². The second-order valence-electron chi connectivity index (χ2n) is 7.06. The number of aryl methyl sites for hydroxylation is 1. The van der Waals surface area contributed by atoms with Crippen LogP contribution in [0, 0.1) is 6.92 Å². The Kier molecular flexibility index (Phi) is 5.93. The highest BCUT2D eigenvalue weighted by atomic mass is 32.2. The Morgan fingerprint density at radius 3 is 2.48 bits per heavy atom. The molecular formula is C21H23NO6S. The highest BCUT2D eigenvalue weighted by molar-refractivity contribution is 7.90. The summed E-state index contributed by atoms with van der Waals surface area (Å²) in [5.41, 5.74) is 2.41. The van der Waals surface area contributed by atoms with Crippen molar-refractivity contribution in [2.45, 2.75) is 31.6 Å². The number of esters is 1. The Balaban J connectivity index is 1.51. The highest BCUT2D eigenvalue weighted by Gasteiger charge is 2.42. The largest absolute Gasteiger partial charge is 0.490 e. The lowest BCUT2D eigenvalue weighted by molar-refractivity contribution is -0.144. The van der Waals surface area contributed by atoms with Crippen LogP contribution in [0.5, 0.6) is 5.75 Å². The van der Waals surface area contributed by atoms with Crippen LogP contribution < -0.4 is 4.74 Å². The average Bonchev–Trinajstić information content (AvgIpc) is 2.86. The third-order valence-electron chi connectivity index (χ3n) is 4.66. The Hall–Kier alpha value is -2.87. The Labute approximate surface area is 170 Å². The molecule has 154 valence electrons. The van der Waals surface area contributed by atoms with E-state index in [-0.39, 0.29) is 23.7 Å². The second-order valence-corrected chi connectivity index (χ2v) is 8.89. The van der Waals surface area contributed by atoms with Gasteiger partial charge in [0.2, 0.25) is 0 Å². The molecular weight excluding hydrogens is 394 g/mol. The number of amides is 1. The molecule has 0 N–H and O–H groups in total. The monoisotopic (exact) mass is 417 g/mol. The number of hydrogen-bond acceptors (Lipinski definition) is 6. The summed E-state index contributed by atoms with van der Waals surface area (Å²) < 4.78 is 36.0. The first kappa shape index (κ1) is 20.9. The zero-order valence-corrected chi connectivity index (χ0v) is 17.4. The summed E-state index contributed by atoms with van der Waals surface area (Å²) in [4.78, 5) is 24.2. The van der Waals surface area contributed by atoms with Gasteiger partial charge in [0, 0.05) is 0 Å². The molecule has 1 heterocycles. The van der Waals surface area contributed by atoms with Gasteiger partial charge in [-0.2, -0.15) is 0 Å². The van der Waals surface area contributed by atoms with Crippen LogP contribution in [-0.2, 0) is 19.6 Å². The molecule has 29 heavy (non-hydrogen) atoms. The maximum Gasteiger partial charge on any atom is 0.327 e. The fraction of sp³-hybridized carbons (Fsp3) is 0.333. The van der Waals surface area contributed by atoms with Gasteiger partial charge in [-0.15, -0.1) is 0 Å². The van der Waals surface area contributed by atoms with Gasteiger partial charge in [0.1, 0.15) is 30.4 Å². The first-order valence-electron chi connectivity index (χ1n) is 9.27. The van der Waals surface area contributed by atoms with Crippen LogP contribution in [0.3, 0.4) is 0 Å². The third kappa shape index (κ3) is 4.27. The number of fused-ring (bicyclic) bond motifs is 1. The van der Waals surface area contributed by atoms with Gasteiger partial charge in [0.15, 0.2) is 0 Å². The van der Waals surface area contributed by atoms with Crippen molar-refractivity contribution in [2.75, 3.05) is 19.8 Å². The molecule has 0 saturated carbocycles. The summed E-state index contributed by atoms with van der Waals surface area (Å²) in [6.07, 6.45) is 0. The van der Waals surface area contributed by atoms with Crippen molar-refractivity contribution in [3.8, 4) is 5.75 Å². The summed E-state index contributed by atoms with van der Waals surface area (Å²) in [5.74, 6) is -0.462. The van der Waals surface area contributed by atoms with E-state index in [4.69, 9.17) is 9.47 Å². The first-order valence-corrected chi connectivity index (χ1v) is 10.7. The predicted molar refractivity (Wildman–Crippen MR) is 106 cm³/mol. The lowest BCUT2D eigenvalue weighted by Crippen LogP contribution is -2.36. The third-order valence-corrected chi connectivity index (χ3v) is 6.45. The Bertz CT molecular complexity index is 1040. The molecule has 0 spiro atoms. The van der Waals surface area contributed by atoms with E-state index in [0.717, 1.165) is 5.56 Å². The summed E-state index contributed by atoms with van der Waals surface area (Å²) in [6, 6.07) is 11.6. The van der Waals surface area contributed by atoms with Gasteiger partial charge in [-0.05, 0) is 48.2 Å². The zero-order valence-electron chi connectivity index (χ0n) is 16.5. The molecule has 8 heteroatoms. The maximum absolute atomic E-state index is 12.4. The first-order chi connectivity index (χ1) is 13.7. The van der Waals surface area contributed by atoms with Crippen LogP contribution >= 0.6 is 0 Å². The number of nitrogens with zero attached hydrogens (tertiary/aromatic N) is 1. The number of ether oxygens (including phenoxy) is 2. The molecule has 0 aromatic heterocycles. The Morgan fingerprint density at radius 2 is 1.83 bits per heavy atom. The van der Waals surface area contributed by atoms with E-state index in [1.807, 2.05) is 25.1 Å². The van der Waals surface area contributed by atoms with Crippen LogP contribution in [0.4, 0.5) is 0 Å². The van der Waals surface area contributed by atoms with E-state index in [9.17, 15) is 18.0 Å². The average molecular weight is 417 g/mol. The van der Waals surface area contributed by atoms with E-state index in [1.54, 1.807) is 6.07 Å². The van der Waals surface area contributed by atoms with Crippen molar-refractivity contribution in [3.05, 3.63) is 59.2 Å². The summed E-state index contributed by atoms with van der Waals surface area (Å²) in [7, 11) is -4.03. The minimum absolute atomic E-state index is 0.0567. The van der Waals surface area contributed by atoms with Gasteiger partial charge >= 0.3 is 5.97 Å². The summed E-state index contributed by atoms with van der Waals surface area (Å²) >= 11 is 0. The summed E-state index contributed by atoms with van der Waals surface area (Å²) in [6.45, 7) is 5.63. The van der Waals surface area contributed by atoms with Gasteiger partial charge in [0.05, 0.1) is 5.56 Å². The van der Waals surface area contributed by atoms with E-state index >= 15 is 0 Å². The van der Waals surface area contributed by atoms with Crippen molar-refractivity contribution in [3.63, 3.8) is 0 Å². The van der Waals surface area contributed by atoms with E-state index in [1.165, 1.54) is 23.8 Å². The number of rotatable bonds is 7. The number of hydrogen-bond donors (Lipinski definition) is 0. The van der Waals surface area contributed by atoms with Crippen LogP contribution in [0.25, 0.3) is 0 Å². The van der Waals surface area contributed by atoms with Crippen molar-refractivity contribution >= 4 is 21.9 Å². The van der Waals surface area contributed by atoms with E-state index in [2.05, 4.69) is 13.8 Å². The number of sulfonamides is 1. The molecule has 0 atom stereocenters. The smallest absolute Gasteiger partial charge is 0.327 e. The van der Waals surface area contributed by atoms with Crippen LogP contribution in [0.15, 0.2) is 47.4 Å². The van der Waals surface area contributed by atoms with Gasteiger partial charge in [-0.25, -0.2) is 12.7 Å². The van der Waals surface area contributed by atoms with Gasteiger partial charge in [0.25, 0.3) is 15.9 Å². The van der Waals surface area contributed by atoms with Gasteiger partial charge < -0.3 is 9.47 Å². The predicted octanol–water partition coefficient (Wildman–Crippen LogP) is 2.89. The topological polar surface area (TPSA) is 90.0 Å². The van der Waals surface area contributed by atoms with Crippen molar-refractivity contribution in [1.82, 2.24) is 4.31 Å². The molecule has 3 rings (SSSR count). The van der Waals surface area contributed by atoms with Crippen LogP contribution in [-0.4, -0.2) is 44.4 Å². The number of carbonyl (C=O) groups excluding carboxylic acids is 2. The molecule has 2 aromatic carbocycles. The fourth-order valence-corrected chi connectivity index (χ4v) is 4.76. The Morgan fingerprint density at radius 1 is 1.10 bits per heavy atom. The molecule has 1 amide bonds. The lowest BCUT2D eigenvalue weighted by atomic mass is 9.98. The normalized spacial score (nSPS) is 14.8. The van der Waals surface area contributed by atoms with Crippen molar-refractivity contribution < 1.29 is 27.5 Å². The fourth-order valence-electron chi connectivity index (χ4n) is 3.25. The minimum atomic E-state index is -4.03. The van der Waals surface area contributed by atoms with Gasteiger partial charge in [-0.3, -0.25) is 9.59 Å². The summed E-state index contributed by atoms with van der Waals surface area (Å²) in [5, 5.41) is 0. The maximum atomic E-state index is 12.4. The standard InChI is InChI=1S/C21H23NO6S/c1-14(2)17-9-8-16(12-15(17)3)27-10-11-28-20(23)13-22-21(24)18-6-4-5-7-19(18)29(22,25)26/h4-9,12,14H,10-11,13H2,1-3H3. The number of benzene rings is 2. The van der Waals surface area contributed by atoms with Crippen LogP contribution in [0.2, 0.25) is 0 Å². The lowest BCUT2D eigenvalue weighted by Gasteiger charge is -2.15. The molecule has 0 bridgehead atoms. The molecule has 1 aliphatic heterocycles. The van der Waals surface area contributed by atoms with Crippen molar-refractivity contribution in [2.24, 2.45) is 0 Å². The quantitative estimate of drug-likeness (QED) is 0.508. The molecule has 0 unspecified atom stereocenters. The molecule has 2 aromatic rings. The number of carbonyl (C=O) groups is 2. The SMILES string of the molecule is Cc1cc(OCCOC(=O)CN2C(=O)c3ccccc3S2(=O)=O)ccc1C(C)C. The molecule has 0 radical (unpaired) electrons. The van der Waals surface area contributed by atoms with Gasteiger partial charge in [-0.1, -0.05) is 32.0 Å².